The van der Waals surface area contributed by atoms with Gasteiger partial charge in [0.1, 0.15) is 4.60 Å². The van der Waals surface area contributed by atoms with Crippen molar-refractivity contribution in [3.8, 4) is 0 Å². The Balaban J connectivity index is 3.12. The summed E-state index contributed by atoms with van der Waals surface area (Å²) in [6, 6.07) is 3.85. The van der Waals surface area contributed by atoms with Gasteiger partial charge in [-0.3, -0.25) is 4.79 Å². The van der Waals surface area contributed by atoms with E-state index in [-0.39, 0.29) is 11.3 Å². The number of pyridine rings is 1. The van der Waals surface area contributed by atoms with Crippen LogP contribution in [0, 0.1) is 0 Å². The summed E-state index contributed by atoms with van der Waals surface area (Å²) in [6.07, 6.45) is 0.403. The first-order chi connectivity index (χ1) is 7.71. The molecule has 0 unspecified atom stereocenters. The van der Waals surface area contributed by atoms with Crippen LogP contribution in [0.25, 0.3) is 0 Å². The zero-order chi connectivity index (χ0) is 13.2. The molecule has 0 aliphatic heterocycles. The van der Waals surface area contributed by atoms with Crippen molar-refractivity contribution in [2.45, 2.75) is 32.6 Å². The lowest BCUT2D eigenvalue weighted by Crippen LogP contribution is -2.26. The molecule has 0 radical (unpaired) electrons. The first kappa shape index (κ1) is 14.2. The van der Waals surface area contributed by atoms with Gasteiger partial charge in [-0.2, -0.15) is 0 Å². The van der Waals surface area contributed by atoms with Crippen molar-refractivity contribution in [1.29, 1.82) is 0 Å². The molecule has 1 amide bonds. The topological polar surface area (TPSA) is 33.2 Å². The van der Waals surface area contributed by atoms with Gasteiger partial charge < -0.3 is 4.90 Å². The van der Waals surface area contributed by atoms with E-state index in [0.717, 1.165) is 15.9 Å². The van der Waals surface area contributed by atoms with Crippen LogP contribution in [-0.2, 0) is 16.6 Å². The zero-order valence-corrected chi connectivity index (χ0v) is 12.6. The van der Waals surface area contributed by atoms with E-state index in [1.165, 1.54) is 0 Å². The Bertz CT molecular complexity index is 422. The van der Waals surface area contributed by atoms with Crippen molar-refractivity contribution in [1.82, 2.24) is 9.88 Å². The van der Waals surface area contributed by atoms with Crippen LogP contribution < -0.4 is 0 Å². The highest BCUT2D eigenvalue weighted by molar-refractivity contribution is 9.10. The van der Waals surface area contributed by atoms with Crippen molar-refractivity contribution in [3.05, 3.63) is 28.0 Å². The van der Waals surface area contributed by atoms with E-state index in [1.54, 1.807) is 19.0 Å². The number of rotatable bonds is 2. The molecular weight excluding hydrogens is 280 g/mol. The molecule has 0 fully saturated rings. The second-order valence-corrected chi connectivity index (χ2v) is 6.17. The second-order valence-electron chi connectivity index (χ2n) is 5.36. The number of aromatic nitrogens is 1. The zero-order valence-electron chi connectivity index (χ0n) is 11.0. The summed E-state index contributed by atoms with van der Waals surface area (Å²) in [5.41, 5.74) is 1.91. The van der Waals surface area contributed by atoms with Gasteiger partial charge in [-0.1, -0.05) is 26.8 Å². The molecule has 0 aliphatic carbocycles. The molecule has 0 atom stereocenters. The third kappa shape index (κ3) is 3.80. The third-order valence-electron chi connectivity index (χ3n) is 2.50. The lowest BCUT2D eigenvalue weighted by atomic mass is 9.87. The predicted molar refractivity (Wildman–Crippen MR) is 73.0 cm³/mol. The smallest absolute Gasteiger partial charge is 0.226 e. The molecule has 0 bridgehead atoms. The minimum absolute atomic E-state index is 0.0638. The quantitative estimate of drug-likeness (QED) is 0.787. The van der Waals surface area contributed by atoms with Crippen molar-refractivity contribution in [2.24, 2.45) is 0 Å². The summed E-state index contributed by atoms with van der Waals surface area (Å²) >= 11 is 3.38. The first-order valence-corrected chi connectivity index (χ1v) is 6.37. The van der Waals surface area contributed by atoms with E-state index in [9.17, 15) is 4.79 Å². The summed E-state index contributed by atoms with van der Waals surface area (Å²) in [5.74, 6) is 0.0969. The summed E-state index contributed by atoms with van der Waals surface area (Å²) in [7, 11) is 3.54. The molecular formula is C13H19BrN2O. The molecule has 0 N–H and O–H groups in total. The van der Waals surface area contributed by atoms with Crippen molar-refractivity contribution in [2.75, 3.05) is 14.1 Å². The summed E-state index contributed by atoms with van der Waals surface area (Å²) in [4.78, 5) is 17.9. The highest BCUT2D eigenvalue weighted by atomic mass is 79.9. The Kier molecular flexibility index (Phi) is 4.31. The van der Waals surface area contributed by atoms with E-state index in [2.05, 4.69) is 41.7 Å². The molecule has 0 aromatic carbocycles. The van der Waals surface area contributed by atoms with Gasteiger partial charge in [-0.05, 0) is 27.6 Å². The van der Waals surface area contributed by atoms with Gasteiger partial charge in [0, 0.05) is 19.5 Å². The Hall–Kier alpha value is -0.900. The molecule has 3 nitrogen and oxygen atoms in total. The Morgan fingerprint density at radius 3 is 2.41 bits per heavy atom. The lowest BCUT2D eigenvalue weighted by molar-refractivity contribution is -0.127. The summed E-state index contributed by atoms with van der Waals surface area (Å²) in [6.45, 7) is 6.31. The maximum absolute atomic E-state index is 11.8. The van der Waals surface area contributed by atoms with Crippen LogP contribution in [0.4, 0.5) is 0 Å². The van der Waals surface area contributed by atoms with Crippen LogP contribution >= 0.6 is 15.9 Å². The number of carbonyl (C=O) groups excluding carboxylic acids is 1. The number of halogens is 1. The molecule has 1 aromatic heterocycles. The van der Waals surface area contributed by atoms with Gasteiger partial charge >= 0.3 is 0 Å². The monoisotopic (exact) mass is 298 g/mol. The molecule has 0 saturated carbocycles. The van der Waals surface area contributed by atoms with E-state index in [0.29, 0.717) is 6.42 Å². The van der Waals surface area contributed by atoms with Crippen LogP contribution in [0.15, 0.2) is 16.7 Å². The standard InChI is InChI=1S/C13H19BrN2O/c1-13(2,3)12-9(6-7-10(14)15-12)8-11(17)16(4)5/h6-7H,8H2,1-5H3. The minimum atomic E-state index is -0.0638. The molecule has 0 saturated heterocycles. The molecule has 1 heterocycles. The Labute approximate surface area is 111 Å². The molecule has 1 aromatic rings. The highest BCUT2D eigenvalue weighted by Gasteiger charge is 2.21. The Morgan fingerprint density at radius 2 is 1.94 bits per heavy atom. The number of hydrogen-bond acceptors (Lipinski definition) is 2. The van der Waals surface area contributed by atoms with Gasteiger partial charge in [0.15, 0.2) is 0 Å². The van der Waals surface area contributed by atoms with Gasteiger partial charge in [-0.25, -0.2) is 4.98 Å². The van der Waals surface area contributed by atoms with E-state index in [1.807, 2.05) is 12.1 Å². The highest BCUT2D eigenvalue weighted by Crippen LogP contribution is 2.26. The molecule has 0 spiro atoms. The number of carbonyl (C=O) groups is 1. The number of nitrogens with zero attached hydrogens (tertiary/aromatic N) is 2. The van der Waals surface area contributed by atoms with E-state index < -0.39 is 0 Å². The fourth-order valence-corrected chi connectivity index (χ4v) is 1.89. The lowest BCUT2D eigenvalue weighted by Gasteiger charge is -2.22. The normalized spacial score (nSPS) is 11.4. The number of likely N-dealkylation sites (N-methyl/N-ethyl adjacent to an activating group) is 1. The van der Waals surface area contributed by atoms with Gasteiger partial charge in [0.05, 0.1) is 12.1 Å². The maximum Gasteiger partial charge on any atom is 0.226 e. The van der Waals surface area contributed by atoms with Gasteiger partial charge in [0.25, 0.3) is 0 Å². The van der Waals surface area contributed by atoms with Crippen LogP contribution in [-0.4, -0.2) is 29.9 Å². The fraction of sp³-hybridized carbons (Fsp3) is 0.538. The van der Waals surface area contributed by atoms with Gasteiger partial charge in [0.2, 0.25) is 5.91 Å². The predicted octanol–water partition coefficient (Wildman–Crippen LogP) is 2.77. The summed E-state index contributed by atoms with van der Waals surface area (Å²) in [5, 5.41) is 0. The number of hydrogen-bond donors (Lipinski definition) is 0. The van der Waals surface area contributed by atoms with Gasteiger partial charge in [-0.15, -0.1) is 0 Å². The molecule has 17 heavy (non-hydrogen) atoms. The molecule has 94 valence electrons. The van der Waals surface area contributed by atoms with Crippen LogP contribution in [0.1, 0.15) is 32.0 Å². The minimum Gasteiger partial charge on any atom is -0.349 e. The largest absolute Gasteiger partial charge is 0.349 e. The van der Waals surface area contributed by atoms with Crippen LogP contribution in [0.3, 0.4) is 0 Å². The second kappa shape index (κ2) is 5.17. The first-order valence-electron chi connectivity index (χ1n) is 5.58. The van der Waals surface area contributed by atoms with Crippen LogP contribution in [0.2, 0.25) is 0 Å². The molecule has 1 rings (SSSR count). The SMILES string of the molecule is CN(C)C(=O)Cc1ccc(Br)nc1C(C)(C)C. The van der Waals surface area contributed by atoms with Crippen LogP contribution in [0.5, 0.6) is 0 Å². The Morgan fingerprint density at radius 1 is 1.35 bits per heavy atom. The molecule has 0 aliphatic rings. The van der Waals surface area contributed by atoms with Crippen molar-refractivity contribution >= 4 is 21.8 Å². The van der Waals surface area contributed by atoms with E-state index in [4.69, 9.17) is 0 Å². The van der Waals surface area contributed by atoms with Crippen molar-refractivity contribution in [3.63, 3.8) is 0 Å². The van der Waals surface area contributed by atoms with E-state index >= 15 is 0 Å². The average molecular weight is 299 g/mol. The molecule has 4 heteroatoms. The number of amides is 1. The average Bonchev–Trinajstić information content (AvgIpc) is 2.18. The fourth-order valence-electron chi connectivity index (χ4n) is 1.58. The summed E-state index contributed by atoms with van der Waals surface area (Å²) < 4.78 is 0.809. The third-order valence-corrected chi connectivity index (χ3v) is 2.94. The maximum atomic E-state index is 11.8. The van der Waals surface area contributed by atoms with Crippen molar-refractivity contribution < 1.29 is 4.79 Å².